The summed E-state index contributed by atoms with van der Waals surface area (Å²) >= 11 is 0. The van der Waals surface area contributed by atoms with Gasteiger partial charge in [0.2, 0.25) is 11.5 Å². The van der Waals surface area contributed by atoms with E-state index in [4.69, 9.17) is 0 Å². The van der Waals surface area contributed by atoms with Gasteiger partial charge >= 0.3 is 5.97 Å². The van der Waals surface area contributed by atoms with Gasteiger partial charge in [0.1, 0.15) is 6.42 Å². The monoisotopic (exact) mass is 366 g/mol. The highest BCUT2D eigenvalue weighted by atomic mass is 16.5. The molecule has 1 amide bonds. The first kappa shape index (κ1) is 18.3. The van der Waals surface area contributed by atoms with E-state index in [9.17, 15) is 19.5 Å². The molecule has 1 aliphatic rings. The van der Waals surface area contributed by atoms with Crippen LogP contribution in [0.2, 0.25) is 0 Å². The van der Waals surface area contributed by atoms with Crippen molar-refractivity contribution >= 4 is 23.4 Å². The smallest absolute Gasteiger partial charge is 0.310 e. The van der Waals surface area contributed by atoms with Gasteiger partial charge in [-0.2, -0.15) is 0 Å². The zero-order chi connectivity index (χ0) is 19.4. The third-order valence-corrected chi connectivity index (χ3v) is 4.20. The number of carbonyl (C=O) groups is 3. The van der Waals surface area contributed by atoms with Gasteiger partial charge in [-0.3, -0.25) is 19.8 Å². The fraction of sp³-hybridized carbons (Fsp3) is 0.150. The summed E-state index contributed by atoms with van der Waals surface area (Å²) in [7, 11) is 1.14. The maximum absolute atomic E-state index is 13.0. The minimum Gasteiger partial charge on any atom is -0.469 e. The molecule has 138 valence electrons. The summed E-state index contributed by atoms with van der Waals surface area (Å²) in [6.45, 7) is 0. The highest BCUT2D eigenvalue weighted by molar-refractivity contribution is 6.09. The number of nitrogens with one attached hydrogen (secondary N) is 1. The molecule has 0 saturated heterocycles. The third kappa shape index (κ3) is 3.58. The summed E-state index contributed by atoms with van der Waals surface area (Å²) in [5.74, 6) is -2.28. The van der Waals surface area contributed by atoms with Crippen LogP contribution in [0.1, 0.15) is 22.3 Å². The standard InChI is InChI=1S/C20H18N2O5/c1-27-18(24)13-20(26)17(23)12-16(14-8-4-2-5-9-14)21-22(20)19(25)15-10-6-3-7-11-15/h2-12,21,26H,13H2,1H3. The second kappa shape index (κ2) is 7.43. The van der Waals surface area contributed by atoms with Crippen LogP contribution in [-0.2, 0) is 14.3 Å². The molecule has 0 radical (unpaired) electrons. The van der Waals surface area contributed by atoms with Gasteiger partial charge in [0.25, 0.3) is 5.91 Å². The summed E-state index contributed by atoms with van der Waals surface area (Å²) in [5, 5.41) is 11.7. The van der Waals surface area contributed by atoms with Crippen LogP contribution in [-0.4, -0.2) is 40.6 Å². The largest absolute Gasteiger partial charge is 0.469 e. The lowest BCUT2D eigenvalue weighted by Crippen LogP contribution is -2.65. The summed E-state index contributed by atoms with van der Waals surface area (Å²) in [5.41, 5.74) is 1.61. The van der Waals surface area contributed by atoms with Crippen molar-refractivity contribution in [3.8, 4) is 0 Å². The summed E-state index contributed by atoms with van der Waals surface area (Å²) in [4.78, 5) is 37.5. The molecule has 0 bridgehead atoms. The molecule has 3 rings (SSSR count). The zero-order valence-electron chi connectivity index (χ0n) is 14.6. The van der Waals surface area contributed by atoms with E-state index in [-0.39, 0.29) is 5.56 Å². The molecule has 2 aromatic carbocycles. The average molecular weight is 366 g/mol. The molecule has 27 heavy (non-hydrogen) atoms. The highest BCUT2D eigenvalue weighted by Gasteiger charge is 2.49. The van der Waals surface area contributed by atoms with Crippen LogP contribution < -0.4 is 5.43 Å². The maximum atomic E-state index is 13.0. The number of ether oxygens (including phenoxy) is 1. The maximum Gasteiger partial charge on any atom is 0.310 e. The minimum absolute atomic E-state index is 0.246. The van der Waals surface area contributed by atoms with Crippen molar-refractivity contribution in [3.05, 3.63) is 77.9 Å². The number of methoxy groups -OCH3 is 1. The second-order valence-corrected chi connectivity index (χ2v) is 5.98. The van der Waals surface area contributed by atoms with Crippen LogP contribution in [0.15, 0.2) is 66.7 Å². The number of hydrogen-bond donors (Lipinski definition) is 2. The Morgan fingerprint density at radius 1 is 1.07 bits per heavy atom. The van der Waals surface area contributed by atoms with Gasteiger partial charge in [0.15, 0.2) is 0 Å². The van der Waals surface area contributed by atoms with Crippen molar-refractivity contribution in [2.24, 2.45) is 0 Å². The van der Waals surface area contributed by atoms with Crippen molar-refractivity contribution in [2.45, 2.75) is 12.1 Å². The molecule has 0 saturated carbocycles. The van der Waals surface area contributed by atoms with Gasteiger partial charge in [-0.15, -0.1) is 0 Å². The molecule has 7 heteroatoms. The third-order valence-electron chi connectivity index (χ3n) is 4.20. The number of nitrogens with zero attached hydrogens (tertiary/aromatic N) is 1. The Hall–Kier alpha value is -3.45. The van der Waals surface area contributed by atoms with Crippen LogP contribution in [0, 0.1) is 0 Å². The number of amides is 1. The van der Waals surface area contributed by atoms with Crippen molar-refractivity contribution in [1.82, 2.24) is 10.4 Å². The lowest BCUT2D eigenvalue weighted by molar-refractivity contribution is -0.169. The number of hydrogen-bond acceptors (Lipinski definition) is 6. The molecule has 1 aliphatic heterocycles. The second-order valence-electron chi connectivity index (χ2n) is 5.98. The molecular formula is C20H18N2O5. The Morgan fingerprint density at radius 3 is 2.26 bits per heavy atom. The van der Waals surface area contributed by atoms with Crippen LogP contribution in [0.5, 0.6) is 0 Å². The van der Waals surface area contributed by atoms with E-state index in [1.807, 2.05) is 6.07 Å². The highest BCUT2D eigenvalue weighted by Crippen LogP contribution is 2.28. The average Bonchev–Trinajstić information content (AvgIpc) is 2.70. The first-order valence-corrected chi connectivity index (χ1v) is 8.22. The van der Waals surface area contributed by atoms with E-state index in [0.29, 0.717) is 11.3 Å². The Morgan fingerprint density at radius 2 is 1.67 bits per heavy atom. The molecule has 1 unspecified atom stereocenters. The number of aliphatic hydroxyl groups is 1. The van der Waals surface area contributed by atoms with E-state index >= 15 is 0 Å². The van der Waals surface area contributed by atoms with Crippen molar-refractivity contribution in [1.29, 1.82) is 0 Å². The lowest BCUT2D eigenvalue weighted by Gasteiger charge is -2.41. The number of hydrazine groups is 1. The number of esters is 1. The molecule has 0 aliphatic carbocycles. The SMILES string of the molecule is COC(=O)CC1(O)C(=O)C=C(c2ccccc2)NN1C(=O)c1ccccc1. The number of carbonyl (C=O) groups excluding carboxylic acids is 3. The van der Waals surface area contributed by atoms with Crippen molar-refractivity contribution in [3.63, 3.8) is 0 Å². The normalized spacial score (nSPS) is 19.1. The fourth-order valence-electron chi connectivity index (χ4n) is 2.74. The topological polar surface area (TPSA) is 95.9 Å². The molecule has 2 N–H and O–H groups in total. The first-order chi connectivity index (χ1) is 13.0. The summed E-state index contributed by atoms with van der Waals surface area (Å²) in [6, 6.07) is 17.0. The van der Waals surface area contributed by atoms with Gasteiger partial charge in [0.05, 0.1) is 12.8 Å². The van der Waals surface area contributed by atoms with Crippen molar-refractivity contribution < 1.29 is 24.2 Å². The quantitative estimate of drug-likeness (QED) is 0.797. The molecule has 1 atom stereocenters. The van der Waals surface area contributed by atoms with E-state index < -0.39 is 29.8 Å². The zero-order valence-corrected chi connectivity index (χ0v) is 14.6. The van der Waals surface area contributed by atoms with Crippen LogP contribution in [0.25, 0.3) is 5.70 Å². The van der Waals surface area contributed by atoms with E-state index in [0.717, 1.165) is 12.1 Å². The van der Waals surface area contributed by atoms with Gasteiger partial charge in [-0.1, -0.05) is 48.5 Å². The summed E-state index contributed by atoms with van der Waals surface area (Å²) in [6.07, 6.45) is 0.472. The Kier molecular flexibility index (Phi) is 5.05. The van der Waals surface area contributed by atoms with Gasteiger partial charge in [-0.05, 0) is 17.7 Å². The van der Waals surface area contributed by atoms with Crippen LogP contribution >= 0.6 is 0 Å². The predicted molar refractivity (Wildman–Crippen MR) is 96.8 cm³/mol. The number of rotatable bonds is 4. The van der Waals surface area contributed by atoms with Crippen molar-refractivity contribution in [2.75, 3.05) is 7.11 Å². The minimum atomic E-state index is -2.40. The predicted octanol–water partition coefficient (Wildman–Crippen LogP) is 1.51. The van der Waals surface area contributed by atoms with Gasteiger partial charge in [0, 0.05) is 11.6 Å². The van der Waals surface area contributed by atoms with E-state index in [2.05, 4.69) is 10.2 Å². The Labute approximate surface area is 155 Å². The van der Waals surface area contributed by atoms with Crippen LogP contribution in [0.4, 0.5) is 0 Å². The van der Waals surface area contributed by atoms with Gasteiger partial charge < -0.3 is 9.84 Å². The molecule has 7 nitrogen and oxygen atoms in total. The molecule has 0 aromatic heterocycles. The Balaban J connectivity index is 2.05. The number of ketones is 1. The molecule has 1 heterocycles. The first-order valence-electron chi connectivity index (χ1n) is 8.22. The number of benzene rings is 2. The molecule has 0 spiro atoms. The lowest BCUT2D eigenvalue weighted by atomic mass is 9.97. The van der Waals surface area contributed by atoms with Crippen LogP contribution in [0.3, 0.4) is 0 Å². The molecular weight excluding hydrogens is 348 g/mol. The molecule has 0 fully saturated rings. The fourth-order valence-corrected chi connectivity index (χ4v) is 2.74. The van der Waals surface area contributed by atoms with E-state index in [1.165, 1.54) is 6.08 Å². The Bertz CT molecular complexity index is 895. The summed E-state index contributed by atoms with van der Waals surface area (Å²) < 4.78 is 4.57. The van der Waals surface area contributed by atoms with E-state index in [1.54, 1.807) is 54.6 Å². The van der Waals surface area contributed by atoms with Gasteiger partial charge in [-0.25, -0.2) is 5.01 Å². The molecule has 2 aromatic rings.